The minimum Gasteiger partial charge on any atom is -0.392 e. The lowest BCUT2D eigenvalue weighted by molar-refractivity contribution is -0.0214. The Morgan fingerprint density at radius 3 is 2.31 bits per heavy atom. The average Bonchev–Trinajstić information content (AvgIpc) is 2.61. The number of piperidine rings is 1. The number of nitrogens with zero attached hydrogens (tertiary/aromatic N) is 1. The third-order valence-electron chi connectivity index (χ3n) is 5.36. The van der Waals surface area contributed by atoms with Crippen LogP contribution < -0.4 is 0 Å². The molecule has 1 fully saturated rings. The minimum atomic E-state index is -0.432. The zero-order valence-corrected chi connectivity index (χ0v) is 16.2. The molecule has 3 atom stereocenters. The average molecular weight is 374 g/mol. The van der Waals surface area contributed by atoms with E-state index in [1.807, 2.05) is 36.4 Å². The van der Waals surface area contributed by atoms with Gasteiger partial charge in [0.15, 0.2) is 0 Å². The van der Waals surface area contributed by atoms with Gasteiger partial charge in [-0.15, -0.1) is 0 Å². The number of aliphatic hydroxyl groups is 2. The number of aliphatic hydroxyl groups excluding tert-OH is 2. The van der Waals surface area contributed by atoms with Crippen molar-refractivity contribution in [2.45, 2.75) is 32.5 Å². The van der Waals surface area contributed by atoms with Crippen LogP contribution >= 0.6 is 11.6 Å². The number of hydrogen-bond acceptors (Lipinski definition) is 3. The lowest BCUT2D eigenvalue weighted by Crippen LogP contribution is -2.49. The maximum absolute atomic E-state index is 10.7. The third kappa shape index (κ3) is 4.66. The summed E-state index contributed by atoms with van der Waals surface area (Å²) in [6.45, 7) is 6.46. The van der Waals surface area contributed by atoms with Gasteiger partial charge in [-0.1, -0.05) is 61.8 Å². The van der Waals surface area contributed by atoms with E-state index in [1.54, 1.807) is 0 Å². The number of halogens is 1. The molecule has 2 aromatic rings. The second-order valence-corrected chi connectivity index (χ2v) is 8.12. The molecule has 0 aliphatic carbocycles. The highest BCUT2D eigenvalue weighted by Gasteiger charge is 2.31. The van der Waals surface area contributed by atoms with E-state index in [1.165, 1.54) is 0 Å². The van der Waals surface area contributed by atoms with Crippen molar-refractivity contribution >= 4 is 11.6 Å². The van der Waals surface area contributed by atoms with Crippen LogP contribution in [-0.4, -0.2) is 47.0 Å². The van der Waals surface area contributed by atoms with E-state index >= 15 is 0 Å². The zero-order chi connectivity index (χ0) is 18.7. The molecule has 2 N–H and O–H groups in total. The van der Waals surface area contributed by atoms with E-state index in [4.69, 9.17) is 11.6 Å². The lowest BCUT2D eigenvalue weighted by Gasteiger charge is -2.39. The fourth-order valence-electron chi connectivity index (χ4n) is 4.04. The van der Waals surface area contributed by atoms with Crippen LogP contribution in [0.5, 0.6) is 0 Å². The summed E-state index contributed by atoms with van der Waals surface area (Å²) in [7, 11) is 0. The van der Waals surface area contributed by atoms with Gasteiger partial charge < -0.3 is 15.1 Å². The smallest absolute Gasteiger partial charge is 0.0707 e. The molecule has 0 radical (unpaired) electrons. The predicted octanol–water partition coefficient (Wildman–Crippen LogP) is 3.86. The Morgan fingerprint density at radius 2 is 1.65 bits per heavy atom. The minimum absolute atomic E-state index is 0.242. The van der Waals surface area contributed by atoms with Crippen LogP contribution in [0.2, 0.25) is 5.02 Å². The third-order valence-corrected chi connectivity index (χ3v) is 5.61. The van der Waals surface area contributed by atoms with Gasteiger partial charge in [-0.25, -0.2) is 0 Å². The highest BCUT2D eigenvalue weighted by molar-refractivity contribution is 6.30. The van der Waals surface area contributed by atoms with E-state index in [0.717, 1.165) is 34.8 Å². The zero-order valence-electron chi connectivity index (χ0n) is 15.5. The molecule has 1 heterocycles. The fraction of sp³-hybridized carbons (Fsp3) is 0.455. The van der Waals surface area contributed by atoms with Crippen LogP contribution in [0.1, 0.15) is 19.4 Å². The first kappa shape index (κ1) is 19.4. The van der Waals surface area contributed by atoms with E-state index in [2.05, 4.69) is 30.9 Å². The van der Waals surface area contributed by atoms with E-state index in [0.29, 0.717) is 13.0 Å². The normalized spacial score (nSPS) is 25.2. The first-order valence-corrected chi connectivity index (χ1v) is 9.74. The van der Waals surface area contributed by atoms with Crippen LogP contribution in [-0.2, 0) is 6.42 Å². The van der Waals surface area contributed by atoms with Crippen molar-refractivity contribution in [3.63, 3.8) is 0 Å². The molecule has 3 rings (SSSR count). The summed E-state index contributed by atoms with van der Waals surface area (Å²) >= 11 is 6.00. The number of hydrogen-bond donors (Lipinski definition) is 2. The van der Waals surface area contributed by atoms with Crippen molar-refractivity contribution in [3.8, 4) is 11.1 Å². The molecule has 4 heteroatoms. The van der Waals surface area contributed by atoms with Crippen molar-refractivity contribution < 1.29 is 10.2 Å². The summed E-state index contributed by atoms with van der Waals surface area (Å²) in [5.41, 5.74) is 3.39. The van der Waals surface area contributed by atoms with Gasteiger partial charge in [-0.05, 0) is 40.7 Å². The molecule has 1 aliphatic rings. The monoisotopic (exact) mass is 373 g/mol. The lowest BCUT2D eigenvalue weighted by atomic mass is 9.88. The maximum Gasteiger partial charge on any atom is 0.0707 e. The fourth-order valence-corrected chi connectivity index (χ4v) is 4.17. The maximum atomic E-state index is 10.7. The van der Waals surface area contributed by atoms with Crippen molar-refractivity contribution in [2.75, 3.05) is 19.6 Å². The second-order valence-electron chi connectivity index (χ2n) is 7.69. The van der Waals surface area contributed by atoms with Gasteiger partial charge in [0.1, 0.15) is 0 Å². The number of β-amino-alcohol motifs (C(OH)–C–C–N with tert-alkyl or cyclic N) is 1. The van der Waals surface area contributed by atoms with Gasteiger partial charge >= 0.3 is 0 Å². The molecule has 0 amide bonds. The van der Waals surface area contributed by atoms with Crippen LogP contribution in [0.3, 0.4) is 0 Å². The quantitative estimate of drug-likeness (QED) is 0.836. The highest BCUT2D eigenvalue weighted by Crippen LogP contribution is 2.27. The van der Waals surface area contributed by atoms with Crippen molar-refractivity contribution in [1.29, 1.82) is 0 Å². The van der Waals surface area contributed by atoms with Gasteiger partial charge in [0.2, 0.25) is 0 Å². The molecule has 0 saturated carbocycles. The Kier molecular flexibility index (Phi) is 6.36. The summed E-state index contributed by atoms with van der Waals surface area (Å²) in [5.74, 6) is 0.486. The summed E-state index contributed by atoms with van der Waals surface area (Å²) in [6, 6.07) is 16.0. The Balaban J connectivity index is 1.68. The molecule has 26 heavy (non-hydrogen) atoms. The summed E-state index contributed by atoms with van der Waals surface area (Å²) in [4.78, 5) is 2.28. The van der Waals surface area contributed by atoms with E-state index in [-0.39, 0.29) is 17.9 Å². The van der Waals surface area contributed by atoms with Gasteiger partial charge in [-0.3, -0.25) is 0 Å². The number of likely N-dealkylation sites (tertiary alicyclic amines) is 1. The topological polar surface area (TPSA) is 43.7 Å². The van der Waals surface area contributed by atoms with Crippen molar-refractivity contribution in [1.82, 2.24) is 4.90 Å². The standard InChI is InChI=1S/C22H28ClNO2/c1-15-12-24(13-16(2)22(15)26)14-20(25)11-18-5-3-4-6-21(18)17-7-9-19(23)10-8-17/h3-10,15-16,20,22,25-26H,11-14H2,1-2H3. The Morgan fingerprint density at radius 1 is 1.04 bits per heavy atom. The Hall–Kier alpha value is -1.39. The van der Waals surface area contributed by atoms with Gasteiger partial charge in [-0.2, -0.15) is 0 Å². The van der Waals surface area contributed by atoms with Crippen LogP contribution in [0.25, 0.3) is 11.1 Å². The SMILES string of the molecule is CC1CN(CC(O)Cc2ccccc2-c2ccc(Cl)cc2)CC(C)C1O. The predicted molar refractivity (Wildman–Crippen MR) is 107 cm³/mol. The van der Waals surface area contributed by atoms with Crippen LogP contribution in [0, 0.1) is 11.8 Å². The van der Waals surface area contributed by atoms with Gasteiger partial charge in [0, 0.05) is 31.1 Å². The number of rotatable bonds is 5. The van der Waals surface area contributed by atoms with Crippen molar-refractivity contribution in [3.05, 3.63) is 59.1 Å². The Bertz CT molecular complexity index is 706. The van der Waals surface area contributed by atoms with Gasteiger partial charge in [0.05, 0.1) is 12.2 Å². The molecular weight excluding hydrogens is 346 g/mol. The van der Waals surface area contributed by atoms with Gasteiger partial charge in [0.25, 0.3) is 0 Å². The molecule has 0 bridgehead atoms. The Labute approximate surface area is 161 Å². The molecule has 3 nitrogen and oxygen atoms in total. The number of benzene rings is 2. The molecule has 1 saturated heterocycles. The molecule has 0 aromatic heterocycles. The molecule has 1 aliphatic heterocycles. The first-order chi connectivity index (χ1) is 12.4. The highest BCUT2D eigenvalue weighted by atomic mass is 35.5. The molecular formula is C22H28ClNO2. The molecule has 140 valence electrons. The largest absolute Gasteiger partial charge is 0.392 e. The summed E-state index contributed by atoms with van der Waals surface area (Å²) in [6.07, 6.45) is -0.0622. The second kappa shape index (κ2) is 8.53. The van der Waals surface area contributed by atoms with Crippen molar-refractivity contribution in [2.24, 2.45) is 11.8 Å². The molecule has 3 unspecified atom stereocenters. The van der Waals surface area contributed by atoms with Crippen LogP contribution in [0.15, 0.2) is 48.5 Å². The summed E-state index contributed by atoms with van der Waals surface area (Å²) < 4.78 is 0. The van der Waals surface area contributed by atoms with E-state index < -0.39 is 6.10 Å². The molecule has 2 aromatic carbocycles. The molecule has 0 spiro atoms. The summed E-state index contributed by atoms with van der Waals surface area (Å²) in [5, 5.41) is 21.5. The van der Waals surface area contributed by atoms with Crippen LogP contribution in [0.4, 0.5) is 0 Å². The van der Waals surface area contributed by atoms with E-state index in [9.17, 15) is 10.2 Å². The first-order valence-electron chi connectivity index (χ1n) is 9.36.